The zero-order valence-corrected chi connectivity index (χ0v) is 14.0. The molecular weight excluding hydrogens is 300 g/mol. The van der Waals surface area contributed by atoms with Crippen LogP contribution in [0.1, 0.15) is 68.9 Å². The van der Waals surface area contributed by atoms with Crippen molar-refractivity contribution in [3.05, 3.63) is 51.8 Å². The third-order valence-electron chi connectivity index (χ3n) is 5.31. The highest BCUT2D eigenvalue weighted by Gasteiger charge is 2.26. The van der Waals surface area contributed by atoms with Crippen molar-refractivity contribution in [1.82, 2.24) is 4.98 Å². The molecule has 4 rings (SSSR count). The minimum atomic E-state index is -0.145. The van der Waals surface area contributed by atoms with Gasteiger partial charge in [-0.3, -0.25) is 9.59 Å². The Balaban J connectivity index is 1.65. The number of amides is 1. The highest BCUT2D eigenvalue weighted by atomic mass is 16.2. The molecule has 2 aliphatic rings. The molecule has 0 saturated heterocycles. The number of Topliss-reactive ketones (excluding diaryl/α,β-unsaturated/α-hetero) is 1. The average molecular weight is 322 g/mol. The summed E-state index contributed by atoms with van der Waals surface area (Å²) in [5, 5.41) is 3.07. The Morgan fingerprint density at radius 3 is 2.75 bits per heavy atom. The summed E-state index contributed by atoms with van der Waals surface area (Å²) in [6.07, 6.45) is 6.78. The number of anilines is 1. The standard InChI is InChI=1S/C20H22N2O2/c1-12-18-16(10-5-11-17(18)23)21-19(12)20(24)22-15-9-4-7-13-6-2-3-8-14(13)15/h4,7,9,21H,2-3,5-6,8,10-11H2,1H3,(H,22,24). The summed E-state index contributed by atoms with van der Waals surface area (Å²) in [6, 6.07) is 6.14. The van der Waals surface area contributed by atoms with Gasteiger partial charge in [0.15, 0.2) is 5.78 Å². The van der Waals surface area contributed by atoms with Crippen LogP contribution in [0.25, 0.3) is 0 Å². The second kappa shape index (κ2) is 5.93. The first-order valence-electron chi connectivity index (χ1n) is 8.82. The summed E-state index contributed by atoms with van der Waals surface area (Å²) in [6.45, 7) is 1.87. The van der Waals surface area contributed by atoms with Crippen molar-refractivity contribution >= 4 is 17.4 Å². The molecule has 2 N–H and O–H groups in total. The van der Waals surface area contributed by atoms with E-state index >= 15 is 0 Å². The van der Waals surface area contributed by atoms with E-state index in [1.165, 1.54) is 24.0 Å². The summed E-state index contributed by atoms with van der Waals surface area (Å²) in [7, 11) is 0. The van der Waals surface area contributed by atoms with Crippen LogP contribution in [0, 0.1) is 6.92 Å². The Hall–Kier alpha value is -2.36. The zero-order valence-electron chi connectivity index (χ0n) is 14.0. The van der Waals surface area contributed by atoms with Crippen LogP contribution in [0.4, 0.5) is 5.69 Å². The summed E-state index contributed by atoms with van der Waals surface area (Å²) in [5.41, 5.74) is 6.50. The van der Waals surface area contributed by atoms with Crippen molar-refractivity contribution in [2.45, 2.75) is 51.9 Å². The van der Waals surface area contributed by atoms with Gasteiger partial charge in [-0.25, -0.2) is 0 Å². The molecular formula is C20H22N2O2. The molecule has 0 atom stereocenters. The molecule has 2 aliphatic carbocycles. The second-order valence-electron chi connectivity index (χ2n) is 6.86. The number of aromatic nitrogens is 1. The average Bonchev–Trinajstić information content (AvgIpc) is 2.93. The summed E-state index contributed by atoms with van der Waals surface area (Å²) in [5.74, 6) is 0.00909. The van der Waals surface area contributed by atoms with E-state index in [-0.39, 0.29) is 11.7 Å². The van der Waals surface area contributed by atoms with Crippen molar-refractivity contribution in [2.75, 3.05) is 5.32 Å². The van der Waals surface area contributed by atoms with E-state index in [2.05, 4.69) is 16.4 Å². The molecule has 0 fully saturated rings. The molecule has 1 heterocycles. The van der Waals surface area contributed by atoms with Gasteiger partial charge in [-0.15, -0.1) is 0 Å². The number of benzene rings is 1. The van der Waals surface area contributed by atoms with Crippen LogP contribution in [-0.2, 0) is 19.3 Å². The maximum atomic E-state index is 12.8. The number of fused-ring (bicyclic) bond motifs is 2. The predicted octanol–water partition coefficient (Wildman–Crippen LogP) is 3.97. The molecule has 1 amide bonds. The molecule has 4 nitrogen and oxygen atoms in total. The molecule has 0 unspecified atom stereocenters. The number of aryl methyl sites for hydroxylation is 2. The zero-order chi connectivity index (χ0) is 16.7. The van der Waals surface area contributed by atoms with E-state index in [4.69, 9.17) is 0 Å². The summed E-state index contributed by atoms with van der Waals surface area (Å²) in [4.78, 5) is 28.1. The van der Waals surface area contributed by atoms with Crippen molar-refractivity contribution in [3.63, 3.8) is 0 Å². The minimum absolute atomic E-state index is 0.145. The number of H-pyrrole nitrogens is 1. The fraction of sp³-hybridized carbons (Fsp3) is 0.400. The smallest absolute Gasteiger partial charge is 0.272 e. The highest BCUT2D eigenvalue weighted by molar-refractivity contribution is 6.08. The first kappa shape index (κ1) is 15.2. The van der Waals surface area contributed by atoms with E-state index in [0.29, 0.717) is 12.1 Å². The van der Waals surface area contributed by atoms with Gasteiger partial charge >= 0.3 is 0 Å². The molecule has 0 saturated carbocycles. The Kier molecular flexibility index (Phi) is 3.75. The lowest BCUT2D eigenvalue weighted by atomic mass is 9.90. The van der Waals surface area contributed by atoms with Gasteiger partial charge in [0.2, 0.25) is 0 Å². The number of aromatic amines is 1. The number of hydrogen-bond acceptors (Lipinski definition) is 2. The van der Waals surface area contributed by atoms with Crippen LogP contribution in [-0.4, -0.2) is 16.7 Å². The lowest BCUT2D eigenvalue weighted by molar-refractivity contribution is 0.0971. The van der Waals surface area contributed by atoms with E-state index < -0.39 is 0 Å². The van der Waals surface area contributed by atoms with Gasteiger partial charge in [0, 0.05) is 23.4 Å². The lowest BCUT2D eigenvalue weighted by Crippen LogP contribution is -2.16. The van der Waals surface area contributed by atoms with Crippen molar-refractivity contribution < 1.29 is 9.59 Å². The van der Waals surface area contributed by atoms with Crippen LogP contribution in [0.15, 0.2) is 18.2 Å². The Morgan fingerprint density at radius 1 is 1.08 bits per heavy atom. The van der Waals surface area contributed by atoms with Gasteiger partial charge in [0.05, 0.1) is 0 Å². The van der Waals surface area contributed by atoms with Crippen LogP contribution >= 0.6 is 0 Å². The van der Waals surface area contributed by atoms with E-state index in [1.807, 2.05) is 19.1 Å². The first-order chi connectivity index (χ1) is 11.6. The Bertz CT molecular complexity index is 832. The molecule has 2 aromatic rings. The Labute approximate surface area is 141 Å². The van der Waals surface area contributed by atoms with Crippen LogP contribution < -0.4 is 5.32 Å². The topological polar surface area (TPSA) is 62.0 Å². The maximum absolute atomic E-state index is 12.8. The molecule has 0 radical (unpaired) electrons. The van der Waals surface area contributed by atoms with Gasteiger partial charge in [0.25, 0.3) is 5.91 Å². The van der Waals surface area contributed by atoms with Gasteiger partial charge in [-0.05, 0) is 68.2 Å². The normalized spacial score (nSPS) is 16.5. The van der Waals surface area contributed by atoms with Gasteiger partial charge in [-0.2, -0.15) is 0 Å². The third kappa shape index (κ3) is 2.46. The minimum Gasteiger partial charge on any atom is -0.354 e. The summed E-state index contributed by atoms with van der Waals surface area (Å²) >= 11 is 0. The first-order valence-corrected chi connectivity index (χ1v) is 8.82. The van der Waals surface area contributed by atoms with Crippen molar-refractivity contribution in [3.8, 4) is 0 Å². The third-order valence-corrected chi connectivity index (χ3v) is 5.31. The van der Waals surface area contributed by atoms with Gasteiger partial charge < -0.3 is 10.3 Å². The van der Waals surface area contributed by atoms with Crippen molar-refractivity contribution in [2.24, 2.45) is 0 Å². The number of carbonyl (C=O) groups is 2. The second-order valence-corrected chi connectivity index (χ2v) is 6.86. The largest absolute Gasteiger partial charge is 0.354 e. The van der Waals surface area contributed by atoms with Crippen LogP contribution in [0.2, 0.25) is 0 Å². The van der Waals surface area contributed by atoms with Gasteiger partial charge in [-0.1, -0.05) is 12.1 Å². The molecule has 0 bridgehead atoms. The van der Waals surface area contributed by atoms with E-state index in [1.54, 1.807) is 0 Å². The SMILES string of the molecule is Cc1c(C(=O)Nc2cccc3c2CCCC3)[nH]c2c1C(=O)CCC2. The quantitative estimate of drug-likeness (QED) is 0.878. The number of nitrogens with one attached hydrogen (secondary N) is 2. The molecule has 1 aromatic carbocycles. The molecule has 4 heteroatoms. The number of hydrogen-bond donors (Lipinski definition) is 2. The van der Waals surface area contributed by atoms with Crippen molar-refractivity contribution in [1.29, 1.82) is 0 Å². The fourth-order valence-electron chi connectivity index (χ4n) is 4.08. The van der Waals surface area contributed by atoms with E-state index in [9.17, 15) is 9.59 Å². The number of carbonyl (C=O) groups excluding carboxylic acids is 2. The molecule has 0 aliphatic heterocycles. The fourth-order valence-corrected chi connectivity index (χ4v) is 4.08. The monoisotopic (exact) mass is 322 g/mol. The van der Waals surface area contributed by atoms with Crippen LogP contribution in [0.3, 0.4) is 0 Å². The Morgan fingerprint density at radius 2 is 1.92 bits per heavy atom. The molecule has 24 heavy (non-hydrogen) atoms. The van der Waals surface area contributed by atoms with E-state index in [0.717, 1.165) is 48.2 Å². The predicted molar refractivity (Wildman–Crippen MR) is 93.8 cm³/mol. The molecule has 0 spiro atoms. The number of rotatable bonds is 2. The molecule has 1 aromatic heterocycles. The number of ketones is 1. The maximum Gasteiger partial charge on any atom is 0.272 e. The van der Waals surface area contributed by atoms with Crippen LogP contribution in [0.5, 0.6) is 0 Å². The molecule has 124 valence electrons. The highest BCUT2D eigenvalue weighted by Crippen LogP contribution is 2.30. The summed E-state index contributed by atoms with van der Waals surface area (Å²) < 4.78 is 0. The van der Waals surface area contributed by atoms with Gasteiger partial charge in [0.1, 0.15) is 5.69 Å². The lowest BCUT2D eigenvalue weighted by Gasteiger charge is -2.19.